The Morgan fingerprint density at radius 1 is 1.59 bits per heavy atom. The summed E-state index contributed by atoms with van der Waals surface area (Å²) in [5, 5.41) is 2.66. The second kappa shape index (κ2) is 5.58. The zero-order valence-corrected chi connectivity index (χ0v) is 10.3. The summed E-state index contributed by atoms with van der Waals surface area (Å²) in [6.07, 6.45) is 2.50. The van der Waals surface area contributed by atoms with Crippen molar-refractivity contribution in [3.05, 3.63) is 24.3 Å². The normalized spacial score (nSPS) is 12.9. The van der Waals surface area contributed by atoms with E-state index in [0.29, 0.717) is 5.69 Å². The molecule has 1 heterocycles. The lowest BCUT2D eigenvalue weighted by Gasteiger charge is -2.22. The Balaban J connectivity index is 2.62. The minimum atomic E-state index is -0.533. The maximum absolute atomic E-state index is 11.6. The smallest absolute Gasteiger partial charge is 0.408 e. The molecule has 1 aromatic heterocycles. The number of hydrogen-bond donors (Lipinski definition) is 2. The highest BCUT2D eigenvalue weighted by molar-refractivity contribution is 5.68. The standard InChI is InChI=1S/C11H18N4O2/c1-11(2,3)17-10(16)15-9(6-12)8-4-5-13-7-14-8/h4-5,7,9H,6,12H2,1-3H3,(H,15,16). The molecular weight excluding hydrogens is 220 g/mol. The van der Waals surface area contributed by atoms with Crippen LogP contribution in [0.1, 0.15) is 32.5 Å². The molecule has 1 unspecified atom stereocenters. The molecule has 1 atom stereocenters. The van der Waals surface area contributed by atoms with Crippen molar-refractivity contribution < 1.29 is 9.53 Å². The number of ether oxygens (including phenoxy) is 1. The Bertz CT molecular complexity index is 361. The first-order valence-corrected chi connectivity index (χ1v) is 5.38. The van der Waals surface area contributed by atoms with Gasteiger partial charge in [-0.1, -0.05) is 0 Å². The fraction of sp³-hybridized carbons (Fsp3) is 0.545. The van der Waals surface area contributed by atoms with Crippen molar-refractivity contribution in [2.75, 3.05) is 6.54 Å². The van der Waals surface area contributed by atoms with Crippen molar-refractivity contribution in [3.63, 3.8) is 0 Å². The van der Waals surface area contributed by atoms with Gasteiger partial charge in [0.15, 0.2) is 0 Å². The summed E-state index contributed by atoms with van der Waals surface area (Å²) >= 11 is 0. The van der Waals surface area contributed by atoms with E-state index in [-0.39, 0.29) is 12.6 Å². The van der Waals surface area contributed by atoms with E-state index in [1.165, 1.54) is 6.33 Å². The first kappa shape index (κ1) is 13.4. The molecule has 0 aromatic carbocycles. The predicted molar refractivity (Wildman–Crippen MR) is 63.2 cm³/mol. The van der Waals surface area contributed by atoms with Crippen molar-refractivity contribution in [1.29, 1.82) is 0 Å². The van der Waals surface area contributed by atoms with Crippen LogP contribution in [0.25, 0.3) is 0 Å². The van der Waals surface area contributed by atoms with E-state index >= 15 is 0 Å². The van der Waals surface area contributed by atoms with Crippen LogP contribution in [0.2, 0.25) is 0 Å². The van der Waals surface area contributed by atoms with Crippen LogP contribution in [-0.2, 0) is 4.74 Å². The van der Waals surface area contributed by atoms with Crippen molar-refractivity contribution in [2.24, 2.45) is 5.73 Å². The summed E-state index contributed by atoms with van der Waals surface area (Å²) in [5.41, 5.74) is 5.71. The van der Waals surface area contributed by atoms with Gasteiger partial charge in [-0.15, -0.1) is 0 Å². The zero-order valence-electron chi connectivity index (χ0n) is 10.3. The van der Waals surface area contributed by atoms with Crippen LogP contribution in [0.3, 0.4) is 0 Å². The Kier molecular flexibility index (Phi) is 4.39. The molecule has 3 N–H and O–H groups in total. The fourth-order valence-electron chi connectivity index (χ4n) is 1.21. The van der Waals surface area contributed by atoms with Crippen molar-refractivity contribution in [1.82, 2.24) is 15.3 Å². The van der Waals surface area contributed by atoms with Crippen molar-refractivity contribution >= 4 is 6.09 Å². The molecule has 0 spiro atoms. The van der Waals surface area contributed by atoms with E-state index in [1.807, 2.05) is 0 Å². The molecule has 1 aromatic rings. The Labute approximate surface area is 101 Å². The minimum Gasteiger partial charge on any atom is -0.444 e. The van der Waals surface area contributed by atoms with E-state index in [2.05, 4.69) is 15.3 Å². The average Bonchev–Trinajstić information content (AvgIpc) is 2.24. The van der Waals surface area contributed by atoms with Crippen molar-refractivity contribution in [3.8, 4) is 0 Å². The van der Waals surface area contributed by atoms with E-state index in [0.717, 1.165) is 0 Å². The number of alkyl carbamates (subject to hydrolysis) is 1. The van der Waals surface area contributed by atoms with Crippen LogP contribution in [0.5, 0.6) is 0 Å². The highest BCUT2D eigenvalue weighted by Gasteiger charge is 2.20. The molecule has 6 heteroatoms. The third kappa shape index (κ3) is 4.78. The highest BCUT2D eigenvalue weighted by atomic mass is 16.6. The summed E-state index contributed by atoms with van der Waals surface area (Å²) in [4.78, 5) is 19.4. The van der Waals surface area contributed by atoms with Crippen LogP contribution in [0.15, 0.2) is 18.6 Å². The number of carbonyl (C=O) groups is 1. The highest BCUT2D eigenvalue weighted by Crippen LogP contribution is 2.10. The van der Waals surface area contributed by atoms with E-state index < -0.39 is 11.7 Å². The third-order valence-corrected chi connectivity index (χ3v) is 1.89. The maximum Gasteiger partial charge on any atom is 0.408 e. The van der Waals surface area contributed by atoms with E-state index in [9.17, 15) is 4.79 Å². The van der Waals surface area contributed by atoms with E-state index in [4.69, 9.17) is 10.5 Å². The SMILES string of the molecule is CC(C)(C)OC(=O)NC(CN)c1ccncn1. The number of nitrogens with two attached hydrogens (primary N) is 1. The zero-order chi connectivity index (χ0) is 12.9. The summed E-state index contributed by atoms with van der Waals surface area (Å²) in [6, 6.07) is 1.34. The first-order chi connectivity index (χ1) is 7.92. The number of hydrogen-bond acceptors (Lipinski definition) is 5. The average molecular weight is 238 g/mol. The fourth-order valence-corrected chi connectivity index (χ4v) is 1.21. The largest absolute Gasteiger partial charge is 0.444 e. The molecule has 0 aliphatic carbocycles. The molecule has 0 aliphatic rings. The van der Waals surface area contributed by atoms with Crippen LogP contribution in [0.4, 0.5) is 4.79 Å². The van der Waals surface area contributed by atoms with Crippen LogP contribution in [0, 0.1) is 0 Å². The summed E-state index contributed by atoms with van der Waals surface area (Å²) < 4.78 is 5.14. The number of carbonyl (C=O) groups excluding carboxylic acids is 1. The second-order valence-electron chi connectivity index (χ2n) is 4.57. The number of aromatic nitrogens is 2. The summed E-state index contributed by atoms with van der Waals surface area (Å²) in [5.74, 6) is 0. The maximum atomic E-state index is 11.6. The van der Waals surface area contributed by atoms with Gasteiger partial charge in [-0.05, 0) is 26.8 Å². The quantitative estimate of drug-likeness (QED) is 0.819. The lowest BCUT2D eigenvalue weighted by Crippen LogP contribution is -2.38. The van der Waals surface area contributed by atoms with Gasteiger partial charge in [0.1, 0.15) is 11.9 Å². The Hall–Kier alpha value is -1.69. The van der Waals surface area contributed by atoms with E-state index in [1.54, 1.807) is 33.0 Å². The molecule has 0 saturated carbocycles. The van der Waals surface area contributed by atoms with Crippen LogP contribution < -0.4 is 11.1 Å². The Morgan fingerprint density at radius 3 is 2.76 bits per heavy atom. The van der Waals surface area contributed by atoms with Crippen LogP contribution in [-0.4, -0.2) is 28.2 Å². The van der Waals surface area contributed by atoms with Gasteiger partial charge in [0.05, 0.1) is 11.7 Å². The number of nitrogens with zero attached hydrogens (tertiary/aromatic N) is 2. The minimum absolute atomic E-state index is 0.246. The summed E-state index contributed by atoms with van der Waals surface area (Å²) in [6.45, 7) is 5.65. The molecule has 1 amide bonds. The number of nitrogens with one attached hydrogen (secondary N) is 1. The molecule has 94 valence electrons. The first-order valence-electron chi connectivity index (χ1n) is 5.38. The van der Waals surface area contributed by atoms with Gasteiger partial charge in [0, 0.05) is 12.7 Å². The molecule has 0 bridgehead atoms. The van der Waals surface area contributed by atoms with Gasteiger partial charge in [0.2, 0.25) is 0 Å². The Morgan fingerprint density at radius 2 is 2.29 bits per heavy atom. The monoisotopic (exact) mass is 238 g/mol. The molecule has 0 fully saturated rings. The topological polar surface area (TPSA) is 90.1 Å². The number of rotatable bonds is 3. The second-order valence-corrected chi connectivity index (χ2v) is 4.57. The van der Waals surface area contributed by atoms with Crippen molar-refractivity contribution in [2.45, 2.75) is 32.4 Å². The summed E-state index contributed by atoms with van der Waals surface area (Å²) in [7, 11) is 0. The molecule has 1 rings (SSSR count). The third-order valence-electron chi connectivity index (χ3n) is 1.89. The predicted octanol–water partition coefficient (Wildman–Crippen LogP) is 1.00. The lowest BCUT2D eigenvalue weighted by atomic mass is 10.2. The molecule has 0 aliphatic heterocycles. The lowest BCUT2D eigenvalue weighted by molar-refractivity contribution is 0.0504. The molecule has 0 radical (unpaired) electrons. The molecular formula is C11H18N4O2. The molecule has 6 nitrogen and oxygen atoms in total. The molecule has 0 saturated heterocycles. The van der Waals surface area contributed by atoms with Gasteiger partial charge in [-0.25, -0.2) is 14.8 Å². The van der Waals surface area contributed by atoms with Gasteiger partial charge in [-0.3, -0.25) is 0 Å². The number of amides is 1. The molecule has 17 heavy (non-hydrogen) atoms. The van der Waals surface area contributed by atoms with Crippen LogP contribution >= 0.6 is 0 Å². The van der Waals surface area contributed by atoms with Gasteiger partial charge < -0.3 is 15.8 Å². The van der Waals surface area contributed by atoms with Gasteiger partial charge >= 0.3 is 6.09 Å². The van der Waals surface area contributed by atoms with Gasteiger partial charge in [-0.2, -0.15) is 0 Å². The van der Waals surface area contributed by atoms with Gasteiger partial charge in [0.25, 0.3) is 0 Å².